The van der Waals surface area contributed by atoms with E-state index in [-0.39, 0.29) is 28.6 Å². The fourth-order valence-electron chi connectivity index (χ4n) is 2.35. The molecule has 130 valence electrons. The van der Waals surface area contributed by atoms with Gasteiger partial charge in [0.25, 0.3) is 0 Å². The van der Waals surface area contributed by atoms with E-state index >= 15 is 0 Å². The predicted octanol–water partition coefficient (Wildman–Crippen LogP) is 3.36. The number of carbonyl (C=O) groups excluding carboxylic acids is 2. The summed E-state index contributed by atoms with van der Waals surface area (Å²) in [6.45, 7) is 17.6. The highest BCUT2D eigenvalue weighted by Gasteiger charge is 2.24. The van der Waals surface area contributed by atoms with Crippen LogP contribution in [0, 0.1) is 22.7 Å². The zero-order chi connectivity index (χ0) is 17.6. The van der Waals surface area contributed by atoms with Crippen LogP contribution in [0.5, 0.6) is 0 Å². The third-order valence-corrected chi connectivity index (χ3v) is 3.77. The number of rotatable bonds is 8. The second-order valence-corrected chi connectivity index (χ2v) is 8.64. The standard InChI is InChI=1S/C18H36N2O2/c1-13(2)15(21)20-12-18(7,8)11-14(3)9-10-19-16(22)17(4,5)6/h13-14H,9-12H2,1-8H3,(H,19,22)(H,20,21). The lowest BCUT2D eigenvalue weighted by atomic mass is 9.82. The zero-order valence-corrected chi connectivity index (χ0v) is 15.8. The second kappa shape index (κ2) is 8.54. The Morgan fingerprint density at radius 3 is 1.95 bits per heavy atom. The first-order chi connectivity index (χ1) is 9.85. The van der Waals surface area contributed by atoms with Crippen molar-refractivity contribution in [2.24, 2.45) is 22.7 Å². The quantitative estimate of drug-likeness (QED) is 0.722. The molecule has 0 aromatic rings. The maximum Gasteiger partial charge on any atom is 0.225 e. The van der Waals surface area contributed by atoms with Crippen molar-refractivity contribution in [3.8, 4) is 0 Å². The fourth-order valence-corrected chi connectivity index (χ4v) is 2.35. The summed E-state index contributed by atoms with van der Waals surface area (Å²) in [5.74, 6) is 0.744. The van der Waals surface area contributed by atoms with Crippen LogP contribution in [-0.2, 0) is 9.59 Å². The lowest BCUT2D eigenvalue weighted by molar-refractivity contribution is -0.128. The summed E-state index contributed by atoms with van der Waals surface area (Å²) in [7, 11) is 0. The summed E-state index contributed by atoms with van der Waals surface area (Å²) in [5, 5.41) is 6.01. The van der Waals surface area contributed by atoms with E-state index in [0.29, 0.717) is 19.0 Å². The van der Waals surface area contributed by atoms with Gasteiger partial charge in [0.15, 0.2) is 0 Å². The minimum atomic E-state index is -0.330. The smallest absolute Gasteiger partial charge is 0.225 e. The summed E-state index contributed by atoms with van der Waals surface area (Å²) >= 11 is 0. The van der Waals surface area contributed by atoms with Crippen molar-refractivity contribution in [3.05, 3.63) is 0 Å². The average Bonchev–Trinajstić information content (AvgIpc) is 2.33. The highest BCUT2D eigenvalue weighted by molar-refractivity contribution is 5.81. The number of nitrogens with one attached hydrogen (secondary N) is 2. The highest BCUT2D eigenvalue weighted by atomic mass is 16.2. The summed E-state index contributed by atoms with van der Waals surface area (Å²) in [4.78, 5) is 23.5. The maximum atomic E-state index is 11.8. The van der Waals surface area contributed by atoms with Gasteiger partial charge in [0.2, 0.25) is 11.8 Å². The van der Waals surface area contributed by atoms with Crippen LogP contribution in [0.1, 0.15) is 68.2 Å². The average molecular weight is 312 g/mol. The van der Waals surface area contributed by atoms with Gasteiger partial charge < -0.3 is 10.6 Å². The third kappa shape index (κ3) is 9.06. The molecule has 0 aliphatic rings. The first kappa shape index (κ1) is 20.9. The van der Waals surface area contributed by atoms with Crippen molar-refractivity contribution in [2.45, 2.75) is 68.2 Å². The zero-order valence-electron chi connectivity index (χ0n) is 15.8. The monoisotopic (exact) mass is 312 g/mol. The van der Waals surface area contributed by atoms with Gasteiger partial charge in [-0.05, 0) is 24.2 Å². The Morgan fingerprint density at radius 1 is 0.955 bits per heavy atom. The highest BCUT2D eigenvalue weighted by Crippen LogP contribution is 2.26. The molecule has 0 radical (unpaired) electrons. The van der Waals surface area contributed by atoms with E-state index in [0.717, 1.165) is 12.8 Å². The lowest BCUT2D eigenvalue weighted by Crippen LogP contribution is -2.38. The number of hydrogen-bond acceptors (Lipinski definition) is 2. The van der Waals surface area contributed by atoms with Crippen molar-refractivity contribution >= 4 is 11.8 Å². The molecule has 0 fully saturated rings. The summed E-state index contributed by atoms with van der Waals surface area (Å²) < 4.78 is 0. The molecule has 0 aliphatic heterocycles. The topological polar surface area (TPSA) is 58.2 Å². The predicted molar refractivity (Wildman–Crippen MR) is 92.5 cm³/mol. The molecular weight excluding hydrogens is 276 g/mol. The minimum Gasteiger partial charge on any atom is -0.356 e. The fraction of sp³-hybridized carbons (Fsp3) is 0.889. The SMILES string of the molecule is CC(CCNC(=O)C(C)(C)C)CC(C)(C)CNC(=O)C(C)C. The van der Waals surface area contributed by atoms with E-state index in [4.69, 9.17) is 0 Å². The molecule has 0 saturated carbocycles. The summed E-state index contributed by atoms with van der Waals surface area (Å²) in [5.41, 5.74) is -0.262. The van der Waals surface area contributed by atoms with Crippen LogP contribution < -0.4 is 10.6 Å². The third-order valence-electron chi connectivity index (χ3n) is 3.77. The Balaban J connectivity index is 4.11. The van der Waals surface area contributed by atoms with E-state index in [1.165, 1.54) is 0 Å². The number of hydrogen-bond donors (Lipinski definition) is 2. The van der Waals surface area contributed by atoms with Crippen molar-refractivity contribution < 1.29 is 9.59 Å². The van der Waals surface area contributed by atoms with Crippen molar-refractivity contribution in [1.29, 1.82) is 0 Å². The van der Waals surface area contributed by atoms with E-state index in [1.807, 2.05) is 34.6 Å². The van der Waals surface area contributed by atoms with Crippen LogP contribution in [0.4, 0.5) is 0 Å². The summed E-state index contributed by atoms with van der Waals surface area (Å²) in [6, 6.07) is 0. The molecule has 0 aromatic heterocycles. The van der Waals surface area contributed by atoms with Crippen LogP contribution in [-0.4, -0.2) is 24.9 Å². The number of amides is 2. The largest absolute Gasteiger partial charge is 0.356 e. The second-order valence-electron chi connectivity index (χ2n) is 8.64. The molecule has 4 heteroatoms. The van der Waals surface area contributed by atoms with Gasteiger partial charge in [-0.1, -0.05) is 55.4 Å². The minimum absolute atomic E-state index is 0.0286. The molecule has 0 heterocycles. The molecule has 0 saturated heterocycles. The van der Waals surface area contributed by atoms with Crippen LogP contribution >= 0.6 is 0 Å². The van der Waals surface area contributed by atoms with Gasteiger partial charge in [0.1, 0.15) is 0 Å². The molecule has 2 amide bonds. The molecule has 1 atom stereocenters. The Hall–Kier alpha value is -1.06. The van der Waals surface area contributed by atoms with Crippen molar-refractivity contribution in [1.82, 2.24) is 10.6 Å². The molecule has 0 aliphatic carbocycles. The Morgan fingerprint density at radius 2 is 1.50 bits per heavy atom. The van der Waals surface area contributed by atoms with Crippen LogP contribution in [0.3, 0.4) is 0 Å². The molecule has 0 bridgehead atoms. The molecule has 0 rings (SSSR count). The van der Waals surface area contributed by atoms with E-state index in [2.05, 4.69) is 31.4 Å². The molecule has 0 aromatic carbocycles. The van der Waals surface area contributed by atoms with Gasteiger partial charge in [-0.3, -0.25) is 9.59 Å². The van der Waals surface area contributed by atoms with Gasteiger partial charge in [-0.25, -0.2) is 0 Å². The number of carbonyl (C=O) groups is 2. The van der Waals surface area contributed by atoms with Gasteiger partial charge in [-0.15, -0.1) is 0 Å². The van der Waals surface area contributed by atoms with Gasteiger partial charge in [0.05, 0.1) is 0 Å². The molecular formula is C18H36N2O2. The van der Waals surface area contributed by atoms with Crippen LogP contribution in [0.25, 0.3) is 0 Å². The van der Waals surface area contributed by atoms with Gasteiger partial charge in [-0.2, -0.15) is 0 Å². The Labute approximate surface area is 136 Å². The van der Waals surface area contributed by atoms with Crippen molar-refractivity contribution in [3.63, 3.8) is 0 Å². The van der Waals surface area contributed by atoms with E-state index in [9.17, 15) is 9.59 Å². The van der Waals surface area contributed by atoms with E-state index in [1.54, 1.807) is 0 Å². The first-order valence-corrected chi connectivity index (χ1v) is 8.41. The maximum absolute atomic E-state index is 11.8. The Bertz CT molecular complexity index is 368. The van der Waals surface area contributed by atoms with Gasteiger partial charge in [0, 0.05) is 24.4 Å². The van der Waals surface area contributed by atoms with Crippen molar-refractivity contribution in [2.75, 3.05) is 13.1 Å². The van der Waals surface area contributed by atoms with Crippen LogP contribution in [0.15, 0.2) is 0 Å². The van der Waals surface area contributed by atoms with E-state index < -0.39 is 0 Å². The van der Waals surface area contributed by atoms with Crippen LogP contribution in [0.2, 0.25) is 0 Å². The summed E-state index contributed by atoms with van der Waals surface area (Å²) in [6.07, 6.45) is 1.99. The molecule has 22 heavy (non-hydrogen) atoms. The van der Waals surface area contributed by atoms with Gasteiger partial charge >= 0.3 is 0 Å². The lowest BCUT2D eigenvalue weighted by Gasteiger charge is -2.29. The Kier molecular flexibility index (Phi) is 8.13. The normalized spacial score (nSPS) is 13.9. The molecule has 4 nitrogen and oxygen atoms in total. The molecule has 0 spiro atoms. The first-order valence-electron chi connectivity index (χ1n) is 8.41. The molecule has 2 N–H and O–H groups in total. The molecule has 1 unspecified atom stereocenters.